The number of nitrogens with zero attached hydrogens (tertiary/aromatic N) is 1. The van der Waals surface area contributed by atoms with Gasteiger partial charge in [0.2, 0.25) is 0 Å². The SMILES string of the molecule is C=CC[C@H]1CCC[C@@H](C(=O)O)N1C(=O)O. The molecule has 2 atom stereocenters. The van der Waals surface area contributed by atoms with Crippen LogP contribution >= 0.6 is 0 Å². The van der Waals surface area contributed by atoms with Crippen LogP contribution in [0.1, 0.15) is 25.7 Å². The van der Waals surface area contributed by atoms with Gasteiger partial charge in [0.25, 0.3) is 0 Å². The summed E-state index contributed by atoms with van der Waals surface area (Å²) in [6.45, 7) is 3.55. The number of aliphatic carboxylic acids is 1. The Bertz CT molecular complexity index is 277. The molecular formula is C10H15NO4. The first-order chi connectivity index (χ1) is 7.07. The van der Waals surface area contributed by atoms with Crippen molar-refractivity contribution in [3.05, 3.63) is 12.7 Å². The monoisotopic (exact) mass is 213 g/mol. The fourth-order valence-corrected chi connectivity index (χ4v) is 2.04. The minimum Gasteiger partial charge on any atom is -0.480 e. The molecule has 0 aromatic rings. The lowest BCUT2D eigenvalue weighted by atomic mass is 9.94. The van der Waals surface area contributed by atoms with Crippen molar-refractivity contribution in [2.75, 3.05) is 0 Å². The van der Waals surface area contributed by atoms with Gasteiger partial charge >= 0.3 is 12.1 Å². The third-order valence-corrected chi connectivity index (χ3v) is 2.69. The van der Waals surface area contributed by atoms with Crippen LogP contribution in [0.25, 0.3) is 0 Å². The Morgan fingerprint density at radius 2 is 2.07 bits per heavy atom. The quantitative estimate of drug-likeness (QED) is 0.697. The fraction of sp³-hybridized carbons (Fsp3) is 0.600. The van der Waals surface area contributed by atoms with E-state index in [1.807, 2.05) is 0 Å². The zero-order valence-electron chi connectivity index (χ0n) is 8.43. The first kappa shape index (κ1) is 11.6. The molecule has 1 fully saturated rings. The third-order valence-electron chi connectivity index (χ3n) is 2.69. The molecule has 1 saturated heterocycles. The summed E-state index contributed by atoms with van der Waals surface area (Å²) < 4.78 is 0. The van der Waals surface area contributed by atoms with E-state index in [0.29, 0.717) is 19.3 Å². The molecule has 0 spiro atoms. The van der Waals surface area contributed by atoms with Crippen LogP contribution in [-0.2, 0) is 4.79 Å². The van der Waals surface area contributed by atoms with Gasteiger partial charge in [-0.3, -0.25) is 4.90 Å². The van der Waals surface area contributed by atoms with E-state index in [-0.39, 0.29) is 6.04 Å². The van der Waals surface area contributed by atoms with Crippen LogP contribution in [0.15, 0.2) is 12.7 Å². The lowest BCUT2D eigenvalue weighted by Crippen LogP contribution is -2.52. The van der Waals surface area contributed by atoms with E-state index in [9.17, 15) is 9.59 Å². The van der Waals surface area contributed by atoms with Gasteiger partial charge in [0.1, 0.15) is 6.04 Å². The molecule has 1 heterocycles. The molecule has 0 saturated carbocycles. The molecule has 0 bridgehead atoms. The summed E-state index contributed by atoms with van der Waals surface area (Å²) in [5, 5.41) is 17.9. The summed E-state index contributed by atoms with van der Waals surface area (Å²) in [4.78, 5) is 22.9. The zero-order valence-corrected chi connectivity index (χ0v) is 8.43. The van der Waals surface area contributed by atoms with Gasteiger partial charge in [-0.1, -0.05) is 6.08 Å². The van der Waals surface area contributed by atoms with E-state index < -0.39 is 18.1 Å². The molecule has 15 heavy (non-hydrogen) atoms. The van der Waals surface area contributed by atoms with E-state index >= 15 is 0 Å². The van der Waals surface area contributed by atoms with Crippen molar-refractivity contribution in [3.8, 4) is 0 Å². The normalized spacial score (nSPS) is 26.0. The molecule has 1 amide bonds. The largest absolute Gasteiger partial charge is 0.480 e. The molecule has 1 aliphatic rings. The number of amides is 1. The molecule has 5 nitrogen and oxygen atoms in total. The number of carboxylic acids is 1. The van der Waals surface area contributed by atoms with Gasteiger partial charge in [0, 0.05) is 6.04 Å². The molecule has 84 valence electrons. The molecule has 0 aromatic carbocycles. The van der Waals surface area contributed by atoms with Crippen molar-refractivity contribution < 1.29 is 19.8 Å². The Morgan fingerprint density at radius 3 is 2.53 bits per heavy atom. The van der Waals surface area contributed by atoms with Crippen LogP contribution in [0.4, 0.5) is 4.79 Å². The van der Waals surface area contributed by atoms with E-state index in [2.05, 4.69) is 6.58 Å². The number of rotatable bonds is 3. The Labute approximate surface area is 88.0 Å². The Morgan fingerprint density at radius 1 is 1.40 bits per heavy atom. The average Bonchev–Trinajstić information content (AvgIpc) is 2.17. The van der Waals surface area contributed by atoms with Gasteiger partial charge in [-0.2, -0.15) is 0 Å². The van der Waals surface area contributed by atoms with Gasteiger partial charge in [-0.25, -0.2) is 9.59 Å². The van der Waals surface area contributed by atoms with Gasteiger partial charge < -0.3 is 10.2 Å². The Kier molecular flexibility index (Phi) is 3.71. The topological polar surface area (TPSA) is 77.8 Å². The molecule has 2 N–H and O–H groups in total. The van der Waals surface area contributed by atoms with Crippen LogP contribution in [0.5, 0.6) is 0 Å². The number of hydrogen-bond acceptors (Lipinski definition) is 2. The number of piperidine rings is 1. The second-order valence-corrected chi connectivity index (χ2v) is 3.65. The predicted octanol–water partition coefficient (Wildman–Crippen LogP) is 1.55. The van der Waals surface area contributed by atoms with Gasteiger partial charge in [0.05, 0.1) is 0 Å². The highest BCUT2D eigenvalue weighted by atomic mass is 16.4. The second kappa shape index (κ2) is 4.82. The van der Waals surface area contributed by atoms with Crippen molar-refractivity contribution >= 4 is 12.1 Å². The molecular weight excluding hydrogens is 198 g/mol. The van der Waals surface area contributed by atoms with E-state index in [1.54, 1.807) is 6.08 Å². The number of likely N-dealkylation sites (tertiary alicyclic amines) is 1. The number of hydrogen-bond donors (Lipinski definition) is 2. The van der Waals surface area contributed by atoms with Crippen LogP contribution in [0.2, 0.25) is 0 Å². The summed E-state index contributed by atoms with van der Waals surface area (Å²) in [6.07, 6.45) is 2.84. The minimum absolute atomic E-state index is 0.241. The van der Waals surface area contributed by atoms with Crippen molar-refractivity contribution in [1.29, 1.82) is 0 Å². The highest BCUT2D eigenvalue weighted by Gasteiger charge is 2.37. The maximum Gasteiger partial charge on any atom is 0.408 e. The highest BCUT2D eigenvalue weighted by molar-refractivity contribution is 5.79. The summed E-state index contributed by atoms with van der Waals surface area (Å²) in [7, 11) is 0. The van der Waals surface area contributed by atoms with E-state index in [1.165, 1.54) is 0 Å². The number of carboxylic acid groups (broad SMARTS) is 2. The summed E-state index contributed by atoms with van der Waals surface area (Å²) >= 11 is 0. The summed E-state index contributed by atoms with van der Waals surface area (Å²) in [5.41, 5.74) is 0. The first-order valence-electron chi connectivity index (χ1n) is 4.93. The number of carbonyl (C=O) groups is 2. The molecule has 0 aliphatic carbocycles. The maximum absolute atomic E-state index is 11.0. The van der Waals surface area contributed by atoms with Crippen molar-refractivity contribution in [1.82, 2.24) is 4.90 Å². The molecule has 1 rings (SSSR count). The lowest BCUT2D eigenvalue weighted by Gasteiger charge is -2.37. The van der Waals surface area contributed by atoms with Gasteiger partial charge in [-0.15, -0.1) is 6.58 Å². The second-order valence-electron chi connectivity index (χ2n) is 3.65. The first-order valence-corrected chi connectivity index (χ1v) is 4.93. The van der Waals surface area contributed by atoms with Crippen molar-refractivity contribution in [2.45, 2.75) is 37.8 Å². The van der Waals surface area contributed by atoms with E-state index in [4.69, 9.17) is 10.2 Å². The molecule has 0 aromatic heterocycles. The van der Waals surface area contributed by atoms with Crippen LogP contribution in [0, 0.1) is 0 Å². The molecule has 5 heteroatoms. The standard InChI is InChI=1S/C10H15NO4/c1-2-4-7-5-3-6-8(9(12)13)11(7)10(14)15/h2,7-8H,1,3-6H2,(H,12,13)(H,14,15)/t7-,8-/m0/s1. The Hall–Kier alpha value is -1.52. The zero-order chi connectivity index (χ0) is 11.4. The fourth-order valence-electron chi connectivity index (χ4n) is 2.04. The average molecular weight is 213 g/mol. The maximum atomic E-state index is 11.0. The van der Waals surface area contributed by atoms with Crippen molar-refractivity contribution in [2.24, 2.45) is 0 Å². The van der Waals surface area contributed by atoms with E-state index in [0.717, 1.165) is 11.3 Å². The third kappa shape index (κ3) is 2.49. The summed E-state index contributed by atoms with van der Waals surface area (Å²) in [6, 6.07) is -1.14. The smallest absolute Gasteiger partial charge is 0.408 e. The van der Waals surface area contributed by atoms with Crippen LogP contribution in [-0.4, -0.2) is 39.3 Å². The van der Waals surface area contributed by atoms with Crippen LogP contribution in [0.3, 0.4) is 0 Å². The molecule has 0 unspecified atom stereocenters. The lowest BCUT2D eigenvalue weighted by molar-refractivity contribution is -0.144. The van der Waals surface area contributed by atoms with Crippen LogP contribution < -0.4 is 0 Å². The molecule has 0 radical (unpaired) electrons. The summed E-state index contributed by atoms with van der Waals surface area (Å²) in [5.74, 6) is -1.06. The highest BCUT2D eigenvalue weighted by Crippen LogP contribution is 2.25. The van der Waals surface area contributed by atoms with Crippen molar-refractivity contribution in [3.63, 3.8) is 0 Å². The van der Waals surface area contributed by atoms with Gasteiger partial charge in [-0.05, 0) is 25.7 Å². The Balaban J connectivity index is 2.84. The molecule has 1 aliphatic heterocycles. The predicted molar refractivity (Wildman–Crippen MR) is 53.7 cm³/mol. The minimum atomic E-state index is -1.16. The van der Waals surface area contributed by atoms with Gasteiger partial charge in [0.15, 0.2) is 0 Å².